The molecular weight excluding hydrogens is 391 g/mol. The monoisotopic (exact) mass is 414 g/mol. The first-order chi connectivity index (χ1) is 15.1. The Bertz CT molecular complexity index is 1160. The van der Waals surface area contributed by atoms with Crippen molar-refractivity contribution in [3.8, 4) is 0 Å². The molecule has 0 atom stereocenters. The third-order valence-electron chi connectivity index (χ3n) is 4.92. The van der Waals surface area contributed by atoms with Crippen LogP contribution in [0.15, 0.2) is 91.3 Å². The van der Waals surface area contributed by atoms with E-state index in [1.807, 2.05) is 47.3 Å². The summed E-state index contributed by atoms with van der Waals surface area (Å²) in [5.41, 5.74) is 4.06. The van der Waals surface area contributed by atoms with Crippen molar-refractivity contribution in [3.05, 3.63) is 114 Å². The number of para-hydroxylation sites is 1. The standard InChI is InChI=1S/C25H23FN4O/c1-29(16-20-15-27-30(18-20)17-19-7-3-2-4-8-19)25(31)23-9-5-6-10-24(23)28-22-13-11-21(26)12-14-22/h2-15,18,28H,16-17H2,1H3. The Labute approximate surface area is 180 Å². The van der Waals surface area contributed by atoms with Crippen molar-refractivity contribution >= 4 is 17.3 Å². The SMILES string of the molecule is CN(Cc1cnn(Cc2ccccc2)c1)C(=O)c1ccccc1Nc1ccc(F)cc1. The van der Waals surface area contributed by atoms with E-state index in [4.69, 9.17) is 0 Å². The molecule has 0 saturated carbocycles. The molecule has 1 aromatic heterocycles. The van der Waals surface area contributed by atoms with Crippen LogP contribution >= 0.6 is 0 Å². The predicted molar refractivity (Wildman–Crippen MR) is 120 cm³/mol. The summed E-state index contributed by atoms with van der Waals surface area (Å²) in [4.78, 5) is 14.8. The summed E-state index contributed by atoms with van der Waals surface area (Å²) < 4.78 is 15.0. The molecule has 6 heteroatoms. The van der Waals surface area contributed by atoms with Gasteiger partial charge in [0.05, 0.1) is 24.0 Å². The minimum Gasteiger partial charge on any atom is -0.355 e. The average Bonchev–Trinajstić information content (AvgIpc) is 3.22. The highest BCUT2D eigenvalue weighted by Gasteiger charge is 2.16. The normalized spacial score (nSPS) is 10.6. The maximum atomic E-state index is 13.2. The highest BCUT2D eigenvalue weighted by molar-refractivity contribution is 6.00. The Balaban J connectivity index is 1.44. The van der Waals surface area contributed by atoms with Crippen molar-refractivity contribution in [3.63, 3.8) is 0 Å². The highest BCUT2D eigenvalue weighted by atomic mass is 19.1. The van der Waals surface area contributed by atoms with Gasteiger partial charge in [-0.2, -0.15) is 5.10 Å². The molecular formula is C25H23FN4O. The van der Waals surface area contributed by atoms with E-state index in [2.05, 4.69) is 22.5 Å². The molecule has 0 spiro atoms. The van der Waals surface area contributed by atoms with Crippen LogP contribution in [0.5, 0.6) is 0 Å². The topological polar surface area (TPSA) is 50.2 Å². The van der Waals surface area contributed by atoms with E-state index in [1.54, 1.807) is 36.3 Å². The van der Waals surface area contributed by atoms with E-state index in [0.29, 0.717) is 30.0 Å². The lowest BCUT2D eigenvalue weighted by Crippen LogP contribution is -2.26. The molecule has 5 nitrogen and oxygen atoms in total. The molecule has 4 aromatic rings. The van der Waals surface area contributed by atoms with Crippen LogP contribution in [0.2, 0.25) is 0 Å². The summed E-state index contributed by atoms with van der Waals surface area (Å²) in [6, 6.07) is 23.5. The van der Waals surface area contributed by atoms with E-state index in [0.717, 1.165) is 5.56 Å². The van der Waals surface area contributed by atoms with Gasteiger partial charge in [0.1, 0.15) is 5.82 Å². The maximum absolute atomic E-state index is 13.2. The van der Waals surface area contributed by atoms with E-state index >= 15 is 0 Å². The van der Waals surface area contributed by atoms with Gasteiger partial charge >= 0.3 is 0 Å². The van der Waals surface area contributed by atoms with Gasteiger partial charge in [-0.25, -0.2) is 4.39 Å². The fraction of sp³-hybridized carbons (Fsp3) is 0.120. The van der Waals surface area contributed by atoms with Crippen LogP contribution in [0.1, 0.15) is 21.5 Å². The molecule has 4 rings (SSSR count). The second kappa shape index (κ2) is 9.26. The molecule has 31 heavy (non-hydrogen) atoms. The number of rotatable bonds is 7. The van der Waals surface area contributed by atoms with Crippen LogP contribution in [-0.2, 0) is 13.1 Å². The van der Waals surface area contributed by atoms with Gasteiger partial charge in [-0.15, -0.1) is 0 Å². The number of amides is 1. The number of carbonyl (C=O) groups is 1. The fourth-order valence-corrected chi connectivity index (χ4v) is 3.36. The molecule has 0 bridgehead atoms. The van der Waals surface area contributed by atoms with Gasteiger partial charge in [0, 0.05) is 31.0 Å². The lowest BCUT2D eigenvalue weighted by molar-refractivity contribution is 0.0786. The molecule has 156 valence electrons. The Kier molecular flexibility index (Phi) is 6.08. The van der Waals surface area contributed by atoms with Gasteiger partial charge < -0.3 is 10.2 Å². The summed E-state index contributed by atoms with van der Waals surface area (Å²) in [5.74, 6) is -0.413. The zero-order valence-corrected chi connectivity index (χ0v) is 17.2. The predicted octanol–water partition coefficient (Wildman–Crippen LogP) is 5.09. The summed E-state index contributed by atoms with van der Waals surface area (Å²) in [7, 11) is 1.77. The molecule has 0 aliphatic rings. The smallest absolute Gasteiger partial charge is 0.256 e. The van der Waals surface area contributed by atoms with Gasteiger partial charge in [0.2, 0.25) is 0 Å². The van der Waals surface area contributed by atoms with Gasteiger partial charge in [0.15, 0.2) is 0 Å². The van der Waals surface area contributed by atoms with Crippen LogP contribution in [0.3, 0.4) is 0 Å². The molecule has 0 aliphatic heterocycles. The third kappa shape index (κ3) is 5.17. The number of aromatic nitrogens is 2. The largest absolute Gasteiger partial charge is 0.355 e. The first kappa shape index (κ1) is 20.3. The molecule has 0 radical (unpaired) electrons. The molecule has 0 unspecified atom stereocenters. The summed E-state index contributed by atoms with van der Waals surface area (Å²) in [6.45, 7) is 1.13. The lowest BCUT2D eigenvalue weighted by atomic mass is 10.1. The summed E-state index contributed by atoms with van der Waals surface area (Å²) in [5, 5.41) is 7.61. The Morgan fingerprint density at radius 2 is 1.68 bits per heavy atom. The lowest BCUT2D eigenvalue weighted by Gasteiger charge is -2.19. The van der Waals surface area contributed by atoms with E-state index in [-0.39, 0.29) is 11.7 Å². The number of benzene rings is 3. The zero-order chi connectivity index (χ0) is 21.6. The molecule has 3 aromatic carbocycles. The number of halogens is 1. The average molecular weight is 414 g/mol. The third-order valence-corrected chi connectivity index (χ3v) is 4.92. The fourth-order valence-electron chi connectivity index (χ4n) is 3.36. The van der Waals surface area contributed by atoms with Crippen molar-refractivity contribution in [1.29, 1.82) is 0 Å². The van der Waals surface area contributed by atoms with Crippen LogP contribution in [0.4, 0.5) is 15.8 Å². The minimum absolute atomic E-state index is 0.110. The number of nitrogens with zero attached hydrogens (tertiary/aromatic N) is 3. The van der Waals surface area contributed by atoms with Gasteiger partial charge in [-0.1, -0.05) is 42.5 Å². The van der Waals surface area contributed by atoms with Crippen LogP contribution < -0.4 is 5.32 Å². The quantitative estimate of drug-likeness (QED) is 0.458. The number of anilines is 2. The van der Waals surface area contributed by atoms with Gasteiger partial charge in [-0.3, -0.25) is 9.48 Å². The Morgan fingerprint density at radius 1 is 0.968 bits per heavy atom. The second-order valence-corrected chi connectivity index (χ2v) is 7.37. The van der Waals surface area contributed by atoms with E-state index < -0.39 is 0 Å². The van der Waals surface area contributed by atoms with Crippen LogP contribution in [-0.4, -0.2) is 27.6 Å². The van der Waals surface area contributed by atoms with Gasteiger partial charge in [-0.05, 0) is 42.0 Å². The molecule has 1 N–H and O–H groups in total. The molecule has 0 fully saturated rings. The summed E-state index contributed by atoms with van der Waals surface area (Å²) >= 11 is 0. The van der Waals surface area contributed by atoms with Gasteiger partial charge in [0.25, 0.3) is 5.91 Å². The highest BCUT2D eigenvalue weighted by Crippen LogP contribution is 2.23. The van der Waals surface area contributed by atoms with Crippen molar-refractivity contribution in [2.75, 3.05) is 12.4 Å². The van der Waals surface area contributed by atoms with Crippen molar-refractivity contribution in [2.24, 2.45) is 0 Å². The van der Waals surface area contributed by atoms with E-state index in [1.165, 1.54) is 17.7 Å². The summed E-state index contributed by atoms with van der Waals surface area (Å²) in [6.07, 6.45) is 3.74. The zero-order valence-electron chi connectivity index (χ0n) is 17.2. The van der Waals surface area contributed by atoms with Crippen molar-refractivity contribution in [2.45, 2.75) is 13.1 Å². The number of hydrogen-bond donors (Lipinski definition) is 1. The van der Waals surface area contributed by atoms with Crippen molar-refractivity contribution in [1.82, 2.24) is 14.7 Å². The van der Waals surface area contributed by atoms with E-state index in [9.17, 15) is 9.18 Å². The van der Waals surface area contributed by atoms with Crippen LogP contribution in [0.25, 0.3) is 0 Å². The Morgan fingerprint density at radius 3 is 2.45 bits per heavy atom. The molecule has 0 aliphatic carbocycles. The minimum atomic E-state index is -0.303. The number of carbonyl (C=O) groups excluding carboxylic acids is 1. The number of hydrogen-bond acceptors (Lipinski definition) is 3. The van der Waals surface area contributed by atoms with Crippen LogP contribution in [0, 0.1) is 5.82 Å². The first-order valence-corrected chi connectivity index (χ1v) is 10.0. The second-order valence-electron chi connectivity index (χ2n) is 7.37. The molecule has 1 amide bonds. The first-order valence-electron chi connectivity index (χ1n) is 10.0. The van der Waals surface area contributed by atoms with Crippen molar-refractivity contribution < 1.29 is 9.18 Å². The number of nitrogens with one attached hydrogen (secondary N) is 1. The maximum Gasteiger partial charge on any atom is 0.256 e. The molecule has 0 saturated heterocycles. The molecule has 1 heterocycles. The Hall–Kier alpha value is -3.93.